The van der Waals surface area contributed by atoms with Crippen LogP contribution in [0.2, 0.25) is 0 Å². The van der Waals surface area contributed by atoms with E-state index in [0.717, 1.165) is 16.5 Å². The van der Waals surface area contributed by atoms with Crippen LogP contribution in [-0.2, 0) is 25.6 Å². The van der Waals surface area contributed by atoms with Crippen LogP contribution in [0.25, 0.3) is 10.9 Å². The molecule has 0 radical (unpaired) electrons. The van der Waals surface area contributed by atoms with Crippen molar-refractivity contribution in [2.45, 2.75) is 71.4 Å². The van der Waals surface area contributed by atoms with Gasteiger partial charge in [0, 0.05) is 36.7 Å². The predicted octanol–water partition coefficient (Wildman–Crippen LogP) is 0.868. The molecule has 6 N–H and O–H groups in total. The van der Waals surface area contributed by atoms with Crippen LogP contribution < -0.4 is 10.6 Å². The number of oxime groups is 1. The third-order valence-electron chi connectivity index (χ3n) is 5.83. The van der Waals surface area contributed by atoms with Gasteiger partial charge in [0.05, 0.1) is 12.7 Å². The lowest BCUT2D eigenvalue weighted by Gasteiger charge is -2.32. The molecule has 0 fully saturated rings. The fourth-order valence-electron chi connectivity index (χ4n) is 3.94. The third-order valence-corrected chi connectivity index (χ3v) is 5.83. The van der Waals surface area contributed by atoms with E-state index in [1.807, 2.05) is 45.0 Å². The molecule has 5 atom stereocenters. The first-order chi connectivity index (χ1) is 17.4. The summed E-state index contributed by atoms with van der Waals surface area (Å²) in [6.07, 6.45) is -1.22. The van der Waals surface area contributed by atoms with Crippen LogP contribution in [0.3, 0.4) is 0 Å². The van der Waals surface area contributed by atoms with E-state index in [0.29, 0.717) is 0 Å². The van der Waals surface area contributed by atoms with Crippen LogP contribution in [0.15, 0.2) is 35.6 Å². The highest BCUT2D eigenvalue weighted by atomic mass is 16.6. The van der Waals surface area contributed by atoms with E-state index in [1.165, 1.54) is 14.0 Å². The molecule has 11 nitrogen and oxygen atoms in total. The van der Waals surface area contributed by atoms with E-state index in [1.54, 1.807) is 13.1 Å². The van der Waals surface area contributed by atoms with E-state index in [-0.39, 0.29) is 18.7 Å². The highest BCUT2D eigenvalue weighted by molar-refractivity contribution is 5.93. The second-order valence-electron chi connectivity index (χ2n) is 10.2. The number of nitrogens with one attached hydrogen (secondary N) is 3. The van der Waals surface area contributed by atoms with Crippen molar-refractivity contribution in [3.8, 4) is 0 Å². The van der Waals surface area contributed by atoms with Crippen LogP contribution in [0, 0.1) is 5.41 Å². The second-order valence-corrected chi connectivity index (χ2v) is 10.2. The van der Waals surface area contributed by atoms with Crippen molar-refractivity contribution < 1.29 is 34.5 Å². The number of hydrogen-bond donors (Lipinski definition) is 6. The average molecular weight is 521 g/mol. The van der Waals surface area contributed by atoms with E-state index >= 15 is 0 Å². The Kier molecular flexibility index (Phi) is 11.1. The minimum atomic E-state index is -1.37. The molecule has 0 aliphatic rings. The Balaban J connectivity index is 2.18. The summed E-state index contributed by atoms with van der Waals surface area (Å²) in [7, 11) is 1.45. The minimum absolute atomic E-state index is 0.0441. The first kappa shape index (κ1) is 30.2. The summed E-state index contributed by atoms with van der Waals surface area (Å²) >= 11 is 0. The Morgan fingerprint density at radius 1 is 1.14 bits per heavy atom. The fraction of sp³-hybridized carbons (Fsp3) is 0.577. The molecule has 206 valence electrons. The minimum Gasteiger partial charge on any atom is -0.394 e. The lowest BCUT2D eigenvalue weighted by atomic mass is 9.83. The number of amides is 2. The highest BCUT2D eigenvalue weighted by Crippen LogP contribution is 2.25. The maximum absolute atomic E-state index is 12.9. The smallest absolute Gasteiger partial charge is 0.261 e. The summed E-state index contributed by atoms with van der Waals surface area (Å²) in [5, 5.41) is 39.9. The SMILES string of the molecule is CO[C@H](/C(=N/OCC(=O)N[C@@H](Cc1c[nH]c2ccccc12)C(=O)NC(C)CO)[C@@H](O)[C@@H](C)O)C(C)(C)C. The molecule has 2 rings (SSSR count). The first-order valence-electron chi connectivity index (χ1n) is 12.2. The Hall–Kier alpha value is -2.99. The van der Waals surface area contributed by atoms with Crippen LogP contribution in [0.5, 0.6) is 0 Å². The standard InChI is InChI=1S/C26H40N4O7/c1-15(13-31)28-25(35)20(11-17-12-27-19-10-8-7-9-18(17)19)29-21(33)14-37-30-22(23(34)16(2)32)24(36-6)26(3,4)5/h7-10,12,15-16,20,23-24,27,31-32,34H,11,13-14H2,1-6H3,(H,28,35)(H,29,33)/b30-22+/t15?,16-,20+,23+,24-/m1/s1. The number of H-pyrrole nitrogens is 1. The van der Waals surface area contributed by atoms with Gasteiger partial charge in [-0.3, -0.25) is 9.59 Å². The summed E-state index contributed by atoms with van der Waals surface area (Å²) in [5.41, 5.74) is 1.30. The van der Waals surface area contributed by atoms with Crippen molar-refractivity contribution in [3.63, 3.8) is 0 Å². The maximum atomic E-state index is 12.9. The van der Waals surface area contributed by atoms with Gasteiger partial charge in [-0.15, -0.1) is 0 Å². The number of benzene rings is 1. The molecule has 1 aromatic carbocycles. The van der Waals surface area contributed by atoms with Crippen molar-refractivity contribution in [1.29, 1.82) is 0 Å². The molecule has 0 bridgehead atoms. The number of carbonyl (C=O) groups is 2. The summed E-state index contributed by atoms with van der Waals surface area (Å²) < 4.78 is 5.48. The van der Waals surface area contributed by atoms with E-state index in [9.17, 15) is 24.9 Å². The van der Waals surface area contributed by atoms with Crippen LogP contribution in [0.4, 0.5) is 0 Å². The zero-order valence-electron chi connectivity index (χ0n) is 22.3. The predicted molar refractivity (Wildman–Crippen MR) is 140 cm³/mol. The highest BCUT2D eigenvalue weighted by Gasteiger charge is 2.36. The molecule has 37 heavy (non-hydrogen) atoms. The van der Waals surface area contributed by atoms with Gasteiger partial charge in [0.15, 0.2) is 6.61 Å². The van der Waals surface area contributed by atoms with Crippen molar-refractivity contribution in [2.24, 2.45) is 10.6 Å². The molecular weight excluding hydrogens is 480 g/mol. The monoisotopic (exact) mass is 520 g/mol. The molecule has 11 heteroatoms. The van der Waals surface area contributed by atoms with Gasteiger partial charge in [0.25, 0.3) is 5.91 Å². The number of aromatic amines is 1. The van der Waals surface area contributed by atoms with Gasteiger partial charge in [-0.2, -0.15) is 0 Å². The van der Waals surface area contributed by atoms with Crippen molar-refractivity contribution in [2.75, 3.05) is 20.3 Å². The number of hydrogen-bond acceptors (Lipinski definition) is 8. The Bertz CT molecular complexity index is 1060. The van der Waals surface area contributed by atoms with Gasteiger partial charge in [0.2, 0.25) is 5.91 Å². The molecule has 0 spiro atoms. The van der Waals surface area contributed by atoms with Crippen molar-refractivity contribution in [3.05, 3.63) is 36.0 Å². The van der Waals surface area contributed by atoms with Gasteiger partial charge in [0.1, 0.15) is 24.0 Å². The molecule has 0 saturated carbocycles. The quantitative estimate of drug-likeness (QED) is 0.168. The zero-order chi connectivity index (χ0) is 27.8. The average Bonchev–Trinajstić information content (AvgIpc) is 3.24. The lowest BCUT2D eigenvalue weighted by Crippen LogP contribution is -2.51. The van der Waals surface area contributed by atoms with Gasteiger partial charge in [-0.25, -0.2) is 0 Å². The number of aliphatic hydroxyl groups excluding tert-OH is 3. The molecule has 1 unspecified atom stereocenters. The maximum Gasteiger partial charge on any atom is 0.261 e. The molecule has 1 heterocycles. The van der Waals surface area contributed by atoms with Crippen LogP contribution in [-0.4, -0.2) is 88.5 Å². The number of para-hydroxylation sites is 1. The normalized spacial score (nSPS) is 16.5. The summed E-state index contributed by atoms with van der Waals surface area (Å²) in [6, 6.07) is 6.17. The number of methoxy groups -OCH3 is 1. The van der Waals surface area contributed by atoms with Gasteiger partial charge in [-0.1, -0.05) is 44.1 Å². The fourth-order valence-corrected chi connectivity index (χ4v) is 3.94. The van der Waals surface area contributed by atoms with Crippen LogP contribution in [0.1, 0.15) is 40.2 Å². The Morgan fingerprint density at radius 3 is 2.41 bits per heavy atom. The van der Waals surface area contributed by atoms with Gasteiger partial charge < -0.3 is 40.5 Å². The number of rotatable bonds is 13. The molecule has 0 aliphatic heterocycles. The third kappa shape index (κ3) is 8.53. The summed E-state index contributed by atoms with van der Waals surface area (Å²) in [4.78, 5) is 34.0. The lowest BCUT2D eigenvalue weighted by molar-refractivity contribution is -0.132. The van der Waals surface area contributed by atoms with E-state index < -0.39 is 54.2 Å². The zero-order valence-corrected chi connectivity index (χ0v) is 22.3. The molecule has 0 saturated heterocycles. The first-order valence-corrected chi connectivity index (χ1v) is 12.2. The van der Waals surface area contributed by atoms with Crippen molar-refractivity contribution in [1.82, 2.24) is 15.6 Å². The molecular formula is C26H40N4O7. The summed E-state index contributed by atoms with van der Waals surface area (Å²) in [6.45, 7) is 7.89. The number of aliphatic hydroxyl groups is 3. The molecule has 1 aromatic heterocycles. The molecule has 2 aromatic rings. The van der Waals surface area contributed by atoms with Gasteiger partial charge in [-0.05, 0) is 30.9 Å². The van der Waals surface area contributed by atoms with E-state index in [4.69, 9.17) is 9.57 Å². The molecule has 2 amide bonds. The van der Waals surface area contributed by atoms with Crippen LogP contribution >= 0.6 is 0 Å². The summed E-state index contributed by atoms with van der Waals surface area (Å²) in [5.74, 6) is -1.07. The molecule has 0 aliphatic carbocycles. The number of aromatic nitrogens is 1. The number of ether oxygens (including phenoxy) is 1. The van der Waals surface area contributed by atoms with E-state index in [2.05, 4.69) is 20.8 Å². The number of nitrogens with zero attached hydrogens (tertiary/aromatic N) is 1. The van der Waals surface area contributed by atoms with Crippen molar-refractivity contribution >= 4 is 28.4 Å². The number of carbonyl (C=O) groups excluding carboxylic acids is 2. The second kappa shape index (κ2) is 13.5. The Morgan fingerprint density at radius 2 is 1.81 bits per heavy atom. The van der Waals surface area contributed by atoms with Gasteiger partial charge >= 0.3 is 0 Å². The topological polar surface area (TPSA) is 166 Å². The number of fused-ring (bicyclic) bond motifs is 1. The Labute approximate surface area is 217 Å². The largest absolute Gasteiger partial charge is 0.394 e.